The third kappa shape index (κ3) is 3.79. The second-order valence-electron chi connectivity index (χ2n) is 5.91. The van der Waals surface area contributed by atoms with Gasteiger partial charge in [0.15, 0.2) is 5.69 Å². The summed E-state index contributed by atoms with van der Waals surface area (Å²) in [5.41, 5.74) is 0.415. The molecule has 21 heavy (non-hydrogen) atoms. The van der Waals surface area contributed by atoms with Crippen molar-refractivity contribution in [2.45, 2.75) is 31.7 Å². The quantitative estimate of drug-likeness (QED) is 0.801. The maximum atomic E-state index is 12.0. The molecule has 3 rings (SSSR count). The van der Waals surface area contributed by atoms with Gasteiger partial charge in [0.25, 0.3) is 5.91 Å². The smallest absolute Gasteiger partial charge is 0.273 e. The van der Waals surface area contributed by atoms with Crippen molar-refractivity contribution >= 4 is 5.91 Å². The van der Waals surface area contributed by atoms with E-state index in [4.69, 9.17) is 0 Å². The largest absolute Gasteiger partial charge is 0.349 e. The summed E-state index contributed by atoms with van der Waals surface area (Å²) < 4.78 is 1.78. The predicted molar refractivity (Wildman–Crippen MR) is 79.2 cm³/mol. The van der Waals surface area contributed by atoms with Gasteiger partial charge in [0.1, 0.15) is 0 Å². The molecule has 2 fully saturated rings. The fraction of sp³-hybridized carbons (Fsp3) is 0.786. The molecule has 1 amide bonds. The number of hydrogen-bond acceptors (Lipinski definition) is 5. The Morgan fingerprint density at radius 3 is 2.71 bits per heavy atom. The normalized spacial score (nSPS) is 20.8. The molecule has 1 aromatic heterocycles. The van der Waals surface area contributed by atoms with E-state index < -0.39 is 0 Å². The average Bonchev–Trinajstić information content (AvgIpc) is 2.74. The molecule has 0 unspecified atom stereocenters. The van der Waals surface area contributed by atoms with E-state index in [1.165, 1.54) is 25.7 Å². The second-order valence-corrected chi connectivity index (χ2v) is 5.91. The number of likely N-dealkylation sites (tertiary alicyclic amines) is 1. The van der Waals surface area contributed by atoms with Crippen LogP contribution in [0.25, 0.3) is 0 Å². The molecule has 1 aromatic rings. The lowest BCUT2D eigenvalue weighted by Gasteiger charge is -2.26. The molecule has 2 aliphatic heterocycles. The van der Waals surface area contributed by atoms with Crippen LogP contribution in [0.1, 0.15) is 42.2 Å². The molecule has 0 radical (unpaired) electrons. The third-order valence-electron chi connectivity index (χ3n) is 4.29. The van der Waals surface area contributed by atoms with Crippen molar-refractivity contribution in [2.75, 3.05) is 39.3 Å². The molecule has 0 aliphatic carbocycles. The zero-order valence-corrected chi connectivity index (χ0v) is 12.4. The van der Waals surface area contributed by atoms with Gasteiger partial charge < -0.3 is 15.5 Å². The Kier molecular flexibility index (Phi) is 4.82. The standard InChI is InChI=1S/C14H24N6O/c21-14(13-11-20(18-17-13)12-9-15-10-12)16-5-8-19-6-3-1-2-4-7-19/h11-12,15H,1-10H2,(H,16,21). The van der Waals surface area contributed by atoms with Crippen LogP contribution in [-0.2, 0) is 0 Å². The van der Waals surface area contributed by atoms with E-state index in [-0.39, 0.29) is 5.91 Å². The first-order valence-corrected chi connectivity index (χ1v) is 7.96. The Bertz CT molecular complexity index is 462. The van der Waals surface area contributed by atoms with Crippen LogP contribution in [0.5, 0.6) is 0 Å². The molecule has 0 atom stereocenters. The van der Waals surface area contributed by atoms with E-state index in [1.807, 2.05) is 0 Å². The highest BCUT2D eigenvalue weighted by Crippen LogP contribution is 2.10. The Hall–Kier alpha value is -1.47. The van der Waals surface area contributed by atoms with Crippen LogP contribution in [-0.4, -0.2) is 65.1 Å². The molecule has 7 nitrogen and oxygen atoms in total. The number of hydrogen-bond donors (Lipinski definition) is 2. The van der Waals surface area contributed by atoms with Crippen molar-refractivity contribution in [3.05, 3.63) is 11.9 Å². The van der Waals surface area contributed by atoms with E-state index in [0.717, 1.165) is 32.7 Å². The van der Waals surface area contributed by atoms with E-state index in [1.54, 1.807) is 10.9 Å². The first kappa shape index (κ1) is 14.5. The van der Waals surface area contributed by atoms with Gasteiger partial charge in [-0.2, -0.15) is 0 Å². The molecule has 2 aliphatic rings. The van der Waals surface area contributed by atoms with Gasteiger partial charge in [-0.15, -0.1) is 5.10 Å². The molecule has 3 heterocycles. The van der Waals surface area contributed by atoms with Crippen molar-refractivity contribution in [2.24, 2.45) is 0 Å². The van der Waals surface area contributed by atoms with E-state index in [9.17, 15) is 4.79 Å². The Labute approximate surface area is 125 Å². The van der Waals surface area contributed by atoms with Crippen molar-refractivity contribution < 1.29 is 4.79 Å². The highest BCUT2D eigenvalue weighted by molar-refractivity contribution is 5.91. The summed E-state index contributed by atoms with van der Waals surface area (Å²) in [5.74, 6) is -0.122. The zero-order chi connectivity index (χ0) is 14.5. The van der Waals surface area contributed by atoms with E-state index >= 15 is 0 Å². The lowest BCUT2D eigenvalue weighted by molar-refractivity contribution is 0.0943. The van der Waals surface area contributed by atoms with Crippen LogP contribution < -0.4 is 10.6 Å². The summed E-state index contributed by atoms with van der Waals surface area (Å²) in [4.78, 5) is 14.5. The van der Waals surface area contributed by atoms with Crippen LogP contribution in [0.4, 0.5) is 0 Å². The Morgan fingerprint density at radius 1 is 1.29 bits per heavy atom. The highest BCUT2D eigenvalue weighted by Gasteiger charge is 2.21. The number of carbonyl (C=O) groups excluding carboxylic acids is 1. The third-order valence-corrected chi connectivity index (χ3v) is 4.29. The van der Waals surface area contributed by atoms with Crippen molar-refractivity contribution in [1.82, 2.24) is 30.5 Å². The Morgan fingerprint density at radius 2 is 2.05 bits per heavy atom. The Balaban J connectivity index is 1.42. The van der Waals surface area contributed by atoms with Crippen molar-refractivity contribution in [1.29, 1.82) is 0 Å². The predicted octanol–water partition coefficient (Wildman–Crippen LogP) is 0.0282. The number of amides is 1. The minimum absolute atomic E-state index is 0.122. The summed E-state index contributed by atoms with van der Waals surface area (Å²) in [6.45, 7) is 5.71. The number of nitrogens with zero attached hydrogens (tertiary/aromatic N) is 4. The van der Waals surface area contributed by atoms with Gasteiger partial charge in [0, 0.05) is 26.2 Å². The summed E-state index contributed by atoms with van der Waals surface area (Å²) >= 11 is 0. The van der Waals surface area contributed by atoms with Gasteiger partial charge in [0.2, 0.25) is 0 Å². The first-order valence-electron chi connectivity index (χ1n) is 7.96. The zero-order valence-electron chi connectivity index (χ0n) is 12.4. The van der Waals surface area contributed by atoms with Crippen LogP contribution in [0.2, 0.25) is 0 Å². The lowest BCUT2D eigenvalue weighted by atomic mass is 10.2. The molecule has 7 heteroatoms. The highest BCUT2D eigenvalue weighted by atomic mass is 16.2. The fourth-order valence-corrected chi connectivity index (χ4v) is 2.80. The SMILES string of the molecule is O=C(NCCN1CCCCCC1)c1cn(C2CNC2)nn1. The van der Waals surface area contributed by atoms with Gasteiger partial charge in [-0.25, -0.2) is 4.68 Å². The molecule has 0 spiro atoms. The topological polar surface area (TPSA) is 75.1 Å². The number of rotatable bonds is 5. The molecule has 2 saturated heterocycles. The second kappa shape index (κ2) is 7.00. The maximum absolute atomic E-state index is 12.0. The van der Waals surface area contributed by atoms with Gasteiger partial charge in [-0.05, 0) is 25.9 Å². The lowest BCUT2D eigenvalue weighted by Crippen LogP contribution is -2.43. The van der Waals surface area contributed by atoms with Crippen LogP contribution >= 0.6 is 0 Å². The van der Waals surface area contributed by atoms with Crippen LogP contribution in [0, 0.1) is 0 Å². The summed E-state index contributed by atoms with van der Waals surface area (Å²) in [7, 11) is 0. The van der Waals surface area contributed by atoms with E-state index in [2.05, 4.69) is 25.8 Å². The number of nitrogens with one attached hydrogen (secondary N) is 2. The molecular weight excluding hydrogens is 268 g/mol. The first-order chi connectivity index (χ1) is 10.3. The van der Waals surface area contributed by atoms with Gasteiger partial charge in [-0.3, -0.25) is 4.79 Å². The van der Waals surface area contributed by atoms with Gasteiger partial charge >= 0.3 is 0 Å². The van der Waals surface area contributed by atoms with Crippen molar-refractivity contribution in [3.8, 4) is 0 Å². The summed E-state index contributed by atoms with van der Waals surface area (Å²) in [6, 6.07) is 0.344. The molecule has 116 valence electrons. The maximum Gasteiger partial charge on any atom is 0.273 e. The summed E-state index contributed by atoms with van der Waals surface area (Å²) in [5, 5.41) is 14.1. The van der Waals surface area contributed by atoms with Crippen molar-refractivity contribution in [3.63, 3.8) is 0 Å². The van der Waals surface area contributed by atoms with Gasteiger partial charge in [0.05, 0.1) is 12.2 Å². The molecule has 0 saturated carbocycles. The number of carbonyl (C=O) groups is 1. The monoisotopic (exact) mass is 292 g/mol. The molecule has 0 bridgehead atoms. The summed E-state index contributed by atoms with van der Waals surface area (Å²) in [6.07, 6.45) is 6.96. The van der Waals surface area contributed by atoms with Crippen LogP contribution in [0.3, 0.4) is 0 Å². The molecular formula is C14H24N6O. The molecule has 0 aromatic carbocycles. The molecule has 2 N–H and O–H groups in total. The number of aromatic nitrogens is 3. The van der Waals surface area contributed by atoms with E-state index in [0.29, 0.717) is 18.3 Å². The fourth-order valence-electron chi connectivity index (χ4n) is 2.80. The van der Waals surface area contributed by atoms with Crippen LogP contribution in [0.15, 0.2) is 6.20 Å². The van der Waals surface area contributed by atoms with Gasteiger partial charge in [-0.1, -0.05) is 18.1 Å². The minimum Gasteiger partial charge on any atom is -0.349 e. The average molecular weight is 292 g/mol. The minimum atomic E-state index is -0.122.